The molecule has 5 aromatic carbocycles. The van der Waals surface area contributed by atoms with E-state index in [1.165, 1.54) is 0 Å². The number of hydrogen-bond donors (Lipinski definition) is 0. The highest BCUT2D eigenvalue weighted by Crippen LogP contribution is 2.40. The summed E-state index contributed by atoms with van der Waals surface area (Å²) in [5, 5.41) is 11.2. The van der Waals surface area contributed by atoms with Crippen molar-refractivity contribution in [3.05, 3.63) is 145 Å². The van der Waals surface area contributed by atoms with Crippen LogP contribution in [0.5, 0.6) is 0 Å². The molecule has 0 N–H and O–H groups in total. The van der Waals surface area contributed by atoms with Crippen LogP contribution >= 0.6 is 0 Å². The Kier molecular flexibility index (Phi) is 5.86. The zero-order valence-corrected chi connectivity index (χ0v) is 21.9. The molecule has 4 nitrogen and oxygen atoms in total. The molecule has 0 aliphatic heterocycles. The number of nitriles is 1. The molecule has 0 radical (unpaired) electrons. The van der Waals surface area contributed by atoms with Gasteiger partial charge in [-0.1, -0.05) is 103 Å². The number of aromatic nitrogens is 1. The zero-order chi connectivity index (χ0) is 27.8. The van der Waals surface area contributed by atoms with Crippen LogP contribution in [0, 0.1) is 17.9 Å². The molecule has 0 aliphatic rings. The number of benzene rings is 5. The third-order valence-electron chi connectivity index (χ3n) is 7.43. The van der Waals surface area contributed by atoms with Gasteiger partial charge in [0.05, 0.1) is 23.9 Å². The fourth-order valence-corrected chi connectivity index (χ4v) is 5.28. The number of furan rings is 1. The van der Waals surface area contributed by atoms with Crippen LogP contribution in [0.2, 0.25) is 0 Å². The smallest absolute Gasteiger partial charge is 0.187 e. The summed E-state index contributed by atoms with van der Waals surface area (Å²) in [6.45, 7) is 7.24. The summed E-state index contributed by atoms with van der Waals surface area (Å²) in [7, 11) is 0. The molecule has 0 amide bonds. The van der Waals surface area contributed by atoms with Crippen molar-refractivity contribution in [1.82, 2.24) is 4.98 Å². The molecule has 0 bridgehead atoms. The van der Waals surface area contributed by atoms with E-state index in [2.05, 4.69) is 82.6 Å². The van der Waals surface area contributed by atoms with Gasteiger partial charge in [-0.25, -0.2) is 4.85 Å². The molecular formula is C37H21N3O. The normalized spacial score (nSPS) is 10.9. The third kappa shape index (κ3) is 4.31. The summed E-state index contributed by atoms with van der Waals surface area (Å²) in [5.41, 5.74) is 11.0. The molecule has 2 aromatic heterocycles. The SMILES string of the molecule is [C-]#[N+]c1ccc(-c2cccc3c2oc2c(-c4ccc(-c5ccc(-c6ccc(C#N)cc6)nc5)cc4)cccc23)cc1. The molecule has 0 aliphatic carbocycles. The number of nitrogens with zero attached hydrogens (tertiary/aromatic N) is 3. The van der Waals surface area contributed by atoms with Crippen molar-refractivity contribution in [2.75, 3.05) is 0 Å². The van der Waals surface area contributed by atoms with E-state index in [9.17, 15) is 0 Å². The number of fused-ring (bicyclic) bond motifs is 3. The van der Waals surface area contributed by atoms with E-state index in [4.69, 9.17) is 16.3 Å². The second kappa shape index (κ2) is 9.97. The highest BCUT2D eigenvalue weighted by atomic mass is 16.3. The summed E-state index contributed by atoms with van der Waals surface area (Å²) in [6.07, 6.45) is 1.88. The summed E-state index contributed by atoms with van der Waals surface area (Å²) >= 11 is 0. The van der Waals surface area contributed by atoms with Crippen LogP contribution in [0.1, 0.15) is 5.56 Å². The predicted molar refractivity (Wildman–Crippen MR) is 164 cm³/mol. The Labute approximate surface area is 237 Å². The van der Waals surface area contributed by atoms with Gasteiger partial charge in [0.2, 0.25) is 0 Å². The van der Waals surface area contributed by atoms with Gasteiger partial charge in [0.1, 0.15) is 11.2 Å². The van der Waals surface area contributed by atoms with Crippen LogP contribution in [-0.2, 0) is 0 Å². The number of rotatable bonds is 4. The largest absolute Gasteiger partial charge is 0.455 e. The van der Waals surface area contributed by atoms with Gasteiger partial charge >= 0.3 is 0 Å². The third-order valence-corrected chi connectivity index (χ3v) is 7.43. The van der Waals surface area contributed by atoms with Gasteiger partial charge in [-0.2, -0.15) is 5.26 Å². The average Bonchev–Trinajstić information content (AvgIpc) is 3.44. The van der Waals surface area contributed by atoms with Gasteiger partial charge in [-0.3, -0.25) is 4.98 Å². The molecule has 0 fully saturated rings. The van der Waals surface area contributed by atoms with Crippen LogP contribution in [0.15, 0.2) is 132 Å². The Bertz CT molecular complexity index is 2120. The standard InChI is InChI=1S/C37H21N3O/c1-39-30-19-16-27(17-20-30)32-5-3-7-34-33-6-2-4-31(36(33)41-37(32)34)26-14-12-25(13-15-26)29-18-21-35(40-23-29)28-10-8-24(22-38)9-11-28/h2-21,23H. The van der Waals surface area contributed by atoms with Crippen molar-refractivity contribution in [1.29, 1.82) is 5.26 Å². The van der Waals surface area contributed by atoms with Crippen molar-refractivity contribution in [3.8, 4) is 50.7 Å². The van der Waals surface area contributed by atoms with E-state index >= 15 is 0 Å². The van der Waals surface area contributed by atoms with E-state index in [1.54, 1.807) is 12.1 Å². The molecule has 0 atom stereocenters. The average molecular weight is 524 g/mol. The molecule has 190 valence electrons. The monoisotopic (exact) mass is 523 g/mol. The Morgan fingerprint density at radius 2 is 1.12 bits per heavy atom. The van der Waals surface area contributed by atoms with Crippen LogP contribution in [0.4, 0.5) is 5.69 Å². The summed E-state index contributed by atoms with van der Waals surface area (Å²) in [5.74, 6) is 0. The number of pyridine rings is 1. The molecule has 0 spiro atoms. The molecule has 0 saturated heterocycles. The maximum Gasteiger partial charge on any atom is 0.187 e. The van der Waals surface area contributed by atoms with Crippen molar-refractivity contribution in [2.24, 2.45) is 0 Å². The van der Waals surface area contributed by atoms with Crippen molar-refractivity contribution in [3.63, 3.8) is 0 Å². The fourth-order valence-electron chi connectivity index (χ4n) is 5.28. The maximum absolute atomic E-state index is 9.03. The minimum atomic E-state index is 0.620. The first kappa shape index (κ1) is 24.1. The second-order valence-corrected chi connectivity index (χ2v) is 9.82. The van der Waals surface area contributed by atoms with Crippen molar-refractivity contribution in [2.45, 2.75) is 0 Å². The Balaban J connectivity index is 1.23. The highest BCUT2D eigenvalue weighted by molar-refractivity contribution is 6.13. The number of para-hydroxylation sites is 2. The number of hydrogen-bond acceptors (Lipinski definition) is 3. The molecule has 41 heavy (non-hydrogen) atoms. The molecule has 2 heterocycles. The molecule has 7 aromatic rings. The van der Waals surface area contributed by atoms with Gasteiger partial charge in [0.15, 0.2) is 5.69 Å². The summed E-state index contributed by atoms with van der Waals surface area (Å²) < 4.78 is 6.58. The Morgan fingerprint density at radius 1 is 0.585 bits per heavy atom. The lowest BCUT2D eigenvalue weighted by molar-refractivity contribution is 0.671. The lowest BCUT2D eigenvalue weighted by Crippen LogP contribution is -1.86. The predicted octanol–water partition coefficient (Wildman–Crippen LogP) is 10.1. The summed E-state index contributed by atoms with van der Waals surface area (Å²) in [6, 6.07) is 42.2. The minimum absolute atomic E-state index is 0.620. The first-order chi connectivity index (χ1) is 20.2. The second-order valence-electron chi connectivity index (χ2n) is 9.82. The van der Waals surface area contributed by atoms with Gasteiger partial charge in [0, 0.05) is 39.2 Å². The van der Waals surface area contributed by atoms with Gasteiger partial charge < -0.3 is 4.42 Å². The maximum atomic E-state index is 9.03. The van der Waals surface area contributed by atoms with Crippen LogP contribution < -0.4 is 0 Å². The lowest BCUT2D eigenvalue weighted by Gasteiger charge is -2.07. The summed E-state index contributed by atoms with van der Waals surface area (Å²) in [4.78, 5) is 8.17. The molecule has 4 heteroatoms. The van der Waals surface area contributed by atoms with Crippen molar-refractivity contribution >= 4 is 27.6 Å². The topological polar surface area (TPSA) is 54.2 Å². The lowest BCUT2D eigenvalue weighted by atomic mass is 9.98. The van der Waals surface area contributed by atoms with E-state index < -0.39 is 0 Å². The van der Waals surface area contributed by atoms with Crippen LogP contribution in [-0.4, -0.2) is 4.98 Å². The van der Waals surface area contributed by atoms with Gasteiger partial charge in [0.25, 0.3) is 0 Å². The fraction of sp³-hybridized carbons (Fsp3) is 0. The highest BCUT2D eigenvalue weighted by Gasteiger charge is 2.15. The van der Waals surface area contributed by atoms with E-state index in [1.807, 2.05) is 48.7 Å². The molecular weight excluding hydrogens is 502 g/mol. The van der Waals surface area contributed by atoms with Crippen LogP contribution in [0.25, 0.3) is 71.4 Å². The first-order valence-corrected chi connectivity index (χ1v) is 13.2. The van der Waals surface area contributed by atoms with Crippen molar-refractivity contribution < 1.29 is 4.42 Å². The molecule has 0 unspecified atom stereocenters. The Hall–Kier alpha value is -5.97. The van der Waals surface area contributed by atoms with E-state index in [-0.39, 0.29) is 0 Å². The van der Waals surface area contributed by atoms with E-state index in [0.717, 1.165) is 66.6 Å². The van der Waals surface area contributed by atoms with Gasteiger partial charge in [-0.15, -0.1) is 0 Å². The molecule has 0 saturated carbocycles. The minimum Gasteiger partial charge on any atom is -0.455 e. The van der Waals surface area contributed by atoms with Gasteiger partial charge in [-0.05, 0) is 34.9 Å². The zero-order valence-electron chi connectivity index (χ0n) is 21.9. The molecule has 7 rings (SSSR count). The first-order valence-electron chi connectivity index (χ1n) is 13.2. The Morgan fingerprint density at radius 3 is 1.66 bits per heavy atom. The van der Waals surface area contributed by atoms with E-state index in [0.29, 0.717) is 11.3 Å². The quantitative estimate of drug-likeness (QED) is 0.216. The van der Waals surface area contributed by atoms with Crippen LogP contribution in [0.3, 0.4) is 0 Å².